The fourth-order valence-corrected chi connectivity index (χ4v) is 1.14. The molecule has 0 saturated carbocycles. The monoisotopic (exact) mass is 127 g/mol. The maximum absolute atomic E-state index is 2.32. The summed E-state index contributed by atoms with van der Waals surface area (Å²) in [5, 5.41) is 0. The van der Waals surface area contributed by atoms with Crippen molar-refractivity contribution >= 4 is 0 Å². The van der Waals surface area contributed by atoms with E-state index in [1.54, 1.807) is 0 Å². The van der Waals surface area contributed by atoms with Crippen LogP contribution in [0.15, 0.2) is 0 Å². The van der Waals surface area contributed by atoms with Crippen molar-refractivity contribution in [2.45, 2.75) is 40.5 Å². The maximum atomic E-state index is 2.32. The van der Waals surface area contributed by atoms with Crippen LogP contribution in [0, 0.1) is 18.3 Å². The molecule has 0 saturated heterocycles. The van der Waals surface area contributed by atoms with Crippen molar-refractivity contribution in [3.05, 3.63) is 6.42 Å². The van der Waals surface area contributed by atoms with E-state index in [-0.39, 0.29) is 0 Å². The quantitative estimate of drug-likeness (QED) is 0.543. The third-order valence-electron chi connectivity index (χ3n) is 1.77. The molecule has 0 fully saturated rings. The highest BCUT2D eigenvalue weighted by Gasteiger charge is 2.04. The van der Waals surface area contributed by atoms with Gasteiger partial charge in [-0.3, -0.25) is 0 Å². The van der Waals surface area contributed by atoms with Crippen LogP contribution in [0.1, 0.15) is 40.5 Å². The number of hydrogen-bond acceptors (Lipinski definition) is 0. The van der Waals surface area contributed by atoms with Gasteiger partial charge in [-0.05, 0) is 24.7 Å². The molecule has 1 radical (unpaired) electrons. The van der Waals surface area contributed by atoms with Crippen LogP contribution in [0.2, 0.25) is 0 Å². The Hall–Kier alpha value is 0. The first-order chi connectivity index (χ1) is 4.20. The molecule has 0 aromatic heterocycles. The van der Waals surface area contributed by atoms with Gasteiger partial charge in [0.2, 0.25) is 0 Å². The Kier molecular flexibility index (Phi) is 4.84. The molecule has 0 amide bonds. The van der Waals surface area contributed by atoms with Crippen LogP contribution in [0.3, 0.4) is 0 Å². The van der Waals surface area contributed by atoms with E-state index >= 15 is 0 Å². The van der Waals surface area contributed by atoms with Gasteiger partial charge in [0.05, 0.1) is 0 Å². The second-order valence-corrected chi connectivity index (χ2v) is 3.13. The Morgan fingerprint density at radius 2 is 1.89 bits per heavy atom. The summed E-state index contributed by atoms with van der Waals surface area (Å²) in [7, 11) is 0. The fraction of sp³-hybridized carbons (Fsp3) is 0.889. The van der Waals surface area contributed by atoms with Crippen LogP contribution in [-0.4, -0.2) is 0 Å². The summed E-state index contributed by atoms with van der Waals surface area (Å²) in [5.41, 5.74) is 0. The van der Waals surface area contributed by atoms with Crippen molar-refractivity contribution < 1.29 is 0 Å². The Bertz CT molecular complexity index is 51.1. The van der Waals surface area contributed by atoms with E-state index in [9.17, 15) is 0 Å². The van der Waals surface area contributed by atoms with Gasteiger partial charge in [0, 0.05) is 0 Å². The maximum Gasteiger partial charge on any atom is -0.0386 e. The third kappa shape index (κ3) is 4.50. The molecule has 1 atom stereocenters. The predicted octanol–water partition coefficient (Wildman–Crippen LogP) is 3.28. The Morgan fingerprint density at radius 3 is 2.00 bits per heavy atom. The minimum atomic E-state index is 0.852. The van der Waals surface area contributed by atoms with E-state index in [1.165, 1.54) is 12.8 Å². The van der Waals surface area contributed by atoms with Crippen LogP contribution in [0.4, 0.5) is 0 Å². The lowest BCUT2D eigenvalue weighted by Crippen LogP contribution is -2.01. The van der Waals surface area contributed by atoms with Crippen molar-refractivity contribution in [2.24, 2.45) is 11.8 Å². The minimum Gasteiger partial charge on any atom is -0.0651 e. The Morgan fingerprint density at radius 1 is 1.33 bits per heavy atom. The molecule has 0 rings (SSSR count). The lowest BCUT2D eigenvalue weighted by Gasteiger charge is -2.13. The van der Waals surface area contributed by atoms with Crippen LogP contribution in [0.25, 0.3) is 0 Å². The van der Waals surface area contributed by atoms with Gasteiger partial charge in [0.15, 0.2) is 0 Å². The lowest BCUT2D eigenvalue weighted by atomic mass is 9.93. The number of rotatable bonds is 4. The normalized spacial score (nSPS) is 11.3. The summed E-state index contributed by atoms with van der Waals surface area (Å²) in [6.07, 6.45) is 4.97. The van der Waals surface area contributed by atoms with Gasteiger partial charge in [-0.1, -0.05) is 34.1 Å². The summed E-state index contributed by atoms with van der Waals surface area (Å²) < 4.78 is 0. The van der Waals surface area contributed by atoms with Gasteiger partial charge >= 0.3 is 0 Å². The van der Waals surface area contributed by atoms with Gasteiger partial charge < -0.3 is 0 Å². The van der Waals surface area contributed by atoms with Crippen LogP contribution >= 0.6 is 0 Å². The second-order valence-electron chi connectivity index (χ2n) is 3.13. The van der Waals surface area contributed by atoms with Crippen LogP contribution < -0.4 is 0 Å². The van der Waals surface area contributed by atoms with Crippen molar-refractivity contribution in [3.63, 3.8) is 0 Å². The minimum absolute atomic E-state index is 0.852. The van der Waals surface area contributed by atoms with Crippen LogP contribution in [-0.2, 0) is 0 Å². The van der Waals surface area contributed by atoms with E-state index < -0.39 is 0 Å². The molecular formula is C9H19. The zero-order valence-electron chi connectivity index (χ0n) is 7.15. The van der Waals surface area contributed by atoms with Crippen molar-refractivity contribution in [3.8, 4) is 0 Å². The van der Waals surface area contributed by atoms with Gasteiger partial charge in [0.1, 0.15) is 0 Å². The zero-order chi connectivity index (χ0) is 7.28. The van der Waals surface area contributed by atoms with Crippen molar-refractivity contribution in [2.75, 3.05) is 0 Å². The predicted molar refractivity (Wildman–Crippen MR) is 43.2 cm³/mol. The highest BCUT2D eigenvalue weighted by Crippen LogP contribution is 2.16. The average Bonchev–Trinajstić information content (AvgIpc) is 1.82. The SMILES string of the molecule is C[CH]C(CC)CC(C)C. The molecule has 0 bridgehead atoms. The molecule has 9 heavy (non-hydrogen) atoms. The van der Waals surface area contributed by atoms with Gasteiger partial charge in [-0.2, -0.15) is 0 Å². The zero-order valence-corrected chi connectivity index (χ0v) is 7.15. The van der Waals surface area contributed by atoms with Gasteiger partial charge in [-0.15, -0.1) is 0 Å². The standard InChI is InChI=1S/C9H19/c1-5-9(6-2)7-8(3)4/h5,8-9H,6-7H2,1-4H3. The summed E-state index contributed by atoms with van der Waals surface area (Å²) in [4.78, 5) is 0. The smallest absolute Gasteiger partial charge is 0.0386 e. The third-order valence-corrected chi connectivity index (χ3v) is 1.77. The van der Waals surface area contributed by atoms with Gasteiger partial charge in [-0.25, -0.2) is 0 Å². The molecule has 0 spiro atoms. The molecule has 0 heterocycles. The van der Waals surface area contributed by atoms with Crippen molar-refractivity contribution in [1.29, 1.82) is 0 Å². The molecule has 0 aliphatic carbocycles. The molecule has 1 unspecified atom stereocenters. The first-order valence-corrected chi connectivity index (χ1v) is 4.00. The van der Waals surface area contributed by atoms with E-state index in [4.69, 9.17) is 0 Å². The number of hydrogen-bond donors (Lipinski definition) is 0. The molecular weight excluding hydrogens is 108 g/mol. The second kappa shape index (κ2) is 4.84. The first kappa shape index (κ1) is 9.00. The summed E-state index contributed by atoms with van der Waals surface area (Å²) in [5.74, 6) is 1.70. The highest BCUT2D eigenvalue weighted by atomic mass is 14.1. The van der Waals surface area contributed by atoms with Crippen molar-refractivity contribution in [1.82, 2.24) is 0 Å². The topological polar surface area (TPSA) is 0 Å². The molecule has 55 valence electrons. The molecule has 0 aromatic rings. The summed E-state index contributed by atoms with van der Waals surface area (Å²) in [6.45, 7) is 8.99. The molecule has 0 nitrogen and oxygen atoms in total. The molecule has 0 N–H and O–H groups in total. The molecule has 0 aliphatic heterocycles. The molecule has 0 heteroatoms. The summed E-state index contributed by atoms with van der Waals surface area (Å²) >= 11 is 0. The average molecular weight is 127 g/mol. The lowest BCUT2D eigenvalue weighted by molar-refractivity contribution is 0.443. The summed E-state index contributed by atoms with van der Waals surface area (Å²) in [6, 6.07) is 0. The first-order valence-electron chi connectivity index (χ1n) is 4.00. The van der Waals surface area contributed by atoms with E-state index in [1.807, 2.05) is 0 Å². The van der Waals surface area contributed by atoms with E-state index in [0.29, 0.717) is 0 Å². The van der Waals surface area contributed by atoms with E-state index in [2.05, 4.69) is 34.1 Å². The molecule has 0 aliphatic rings. The Labute approximate surface area is 59.7 Å². The van der Waals surface area contributed by atoms with Gasteiger partial charge in [0.25, 0.3) is 0 Å². The Balaban J connectivity index is 3.31. The van der Waals surface area contributed by atoms with E-state index in [0.717, 1.165) is 11.8 Å². The fourth-order valence-electron chi connectivity index (χ4n) is 1.14. The molecule has 0 aromatic carbocycles. The van der Waals surface area contributed by atoms with Crippen LogP contribution in [0.5, 0.6) is 0 Å². The largest absolute Gasteiger partial charge is 0.0651 e. The highest BCUT2D eigenvalue weighted by molar-refractivity contribution is 4.70.